The maximum absolute atomic E-state index is 12.9. The molecule has 6 heteroatoms. The van der Waals surface area contributed by atoms with Crippen molar-refractivity contribution in [1.82, 2.24) is 4.90 Å². The van der Waals surface area contributed by atoms with Gasteiger partial charge in [0.2, 0.25) is 5.91 Å². The van der Waals surface area contributed by atoms with Gasteiger partial charge in [0, 0.05) is 23.8 Å². The van der Waals surface area contributed by atoms with E-state index in [0.29, 0.717) is 11.4 Å². The maximum atomic E-state index is 12.9. The average Bonchev–Trinajstić information content (AvgIpc) is 3.45. The van der Waals surface area contributed by atoms with Crippen LogP contribution in [0.4, 0.5) is 16.2 Å². The molecule has 146 valence electrons. The molecule has 0 aromatic heterocycles. The molecular weight excluding hydrogens is 354 g/mol. The molecule has 1 saturated carbocycles. The minimum absolute atomic E-state index is 0.0580. The number of ether oxygens (including phenoxy) is 1. The molecule has 1 heterocycles. The Kier molecular flexibility index (Phi) is 5.19. The quantitative estimate of drug-likeness (QED) is 0.808. The summed E-state index contributed by atoms with van der Waals surface area (Å²) in [5, 5.41) is 5.89. The fourth-order valence-electron chi connectivity index (χ4n) is 3.64. The molecule has 3 amide bonds. The summed E-state index contributed by atoms with van der Waals surface area (Å²) in [4.78, 5) is 26.7. The number of methoxy groups -OCH3 is 1. The van der Waals surface area contributed by atoms with Crippen LogP contribution in [0.1, 0.15) is 37.3 Å². The molecular formula is C22H25N3O3. The lowest BCUT2D eigenvalue weighted by Gasteiger charge is -2.25. The number of anilines is 2. The van der Waals surface area contributed by atoms with Crippen molar-refractivity contribution in [1.29, 1.82) is 0 Å². The molecule has 1 atom stereocenters. The highest BCUT2D eigenvalue weighted by Crippen LogP contribution is 2.33. The lowest BCUT2D eigenvalue weighted by atomic mass is 10.0. The molecule has 28 heavy (non-hydrogen) atoms. The fourth-order valence-corrected chi connectivity index (χ4v) is 3.64. The summed E-state index contributed by atoms with van der Waals surface area (Å²) >= 11 is 0. The van der Waals surface area contributed by atoms with E-state index in [1.807, 2.05) is 47.4 Å². The topological polar surface area (TPSA) is 70.7 Å². The zero-order chi connectivity index (χ0) is 19.5. The largest absolute Gasteiger partial charge is 0.497 e. The number of likely N-dealkylation sites (tertiary alicyclic amines) is 1. The molecule has 1 aliphatic carbocycles. The van der Waals surface area contributed by atoms with Crippen LogP contribution in [0.3, 0.4) is 0 Å². The van der Waals surface area contributed by atoms with Gasteiger partial charge < -0.3 is 20.3 Å². The van der Waals surface area contributed by atoms with Gasteiger partial charge in [0.1, 0.15) is 5.75 Å². The van der Waals surface area contributed by atoms with Crippen molar-refractivity contribution in [2.24, 2.45) is 5.92 Å². The first kappa shape index (κ1) is 18.3. The van der Waals surface area contributed by atoms with Crippen molar-refractivity contribution in [3.63, 3.8) is 0 Å². The monoisotopic (exact) mass is 379 g/mol. The van der Waals surface area contributed by atoms with E-state index >= 15 is 0 Å². The van der Waals surface area contributed by atoms with Gasteiger partial charge in [-0.2, -0.15) is 0 Å². The molecule has 0 bridgehead atoms. The van der Waals surface area contributed by atoms with Crippen LogP contribution < -0.4 is 15.4 Å². The Morgan fingerprint density at radius 2 is 1.71 bits per heavy atom. The van der Waals surface area contributed by atoms with Crippen LogP contribution in [0.2, 0.25) is 0 Å². The molecule has 2 aromatic rings. The van der Waals surface area contributed by atoms with E-state index in [2.05, 4.69) is 10.6 Å². The van der Waals surface area contributed by atoms with Crippen LogP contribution in [0.15, 0.2) is 48.5 Å². The molecule has 2 aromatic carbocycles. The molecule has 1 unspecified atom stereocenters. The number of carbonyl (C=O) groups is 2. The van der Waals surface area contributed by atoms with E-state index in [0.717, 1.165) is 43.5 Å². The second kappa shape index (κ2) is 7.92. The Labute approximate surface area is 164 Å². The van der Waals surface area contributed by atoms with Crippen LogP contribution in [-0.2, 0) is 4.79 Å². The number of urea groups is 1. The number of nitrogens with one attached hydrogen (secondary N) is 2. The maximum Gasteiger partial charge on any atom is 0.322 e. The van der Waals surface area contributed by atoms with Gasteiger partial charge >= 0.3 is 6.03 Å². The lowest BCUT2D eigenvalue weighted by molar-refractivity contribution is -0.117. The number of rotatable bonds is 5. The number of carbonyl (C=O) groups excluding carboxylic acids is 2. The molecule has 6 nitrogen and oxygen atoms in total. The molecule has 4 rings (SSSR count). The van der Waals surface area contributed by atoms with E-state index < -0.39 is 0 Å². The summed E-state index contributed by atoms with van der Waals surface area (Å²) in [6.45, 7) is 0.723. The highest BCUT2D eigenvalue weighted by Gasteiger charge is 2.31. The van der Waals surface area contributed by atoms with Crippen LogP contribution in [0, 0.1) is 5.92 Å². The summed E-state index contributed by atoms with van der Waals surface area (Å²) in [6.07, 6.45) is 3.84. The Bertz CT molecular complexity index is 862. The highest BCUT2D eigenvalue weighted by atomic mass is 16.5. The summed E-state index contributed by atoms with van der Waals surface area (Å²) in [5.74, 6) is 1.01. The summed E-state index contributed by atoms with van der Waals surface area (Å²) < 4.78 is 5.22. The Hall–Kier alpha value is -3.02. The molecule has 0 spiro atoms. The molecule has 2 fully saturated rings. The third-order valence-corrected chi connectivity index (χ3v) is 5.34. The van der Waals surface area contributed by atoms with Gasteiger partial charge in [0.25, 0.3) is 0 Å². The van der Waals surface area contributed by atoms with Gasteiger partial charge in [0.15, 0.2) is 0 Å². The van der Waals surface area contributed by atoms with Crippen molar-refractivity contribution in [2.45, 2.75) is 31.7 Å². The molecule has 1 aliphatic heterocycles. The van der Waals surface area contributed by atoms with E-state index in [1.54, 1.807) is 13.2 Å². The SMILES string of the molecule is COc1ccc(C2CCCN2C(=O)Nc2cccc(NC(=O)C3CC3)c2)cc1. The summed E-state index contributed by atoms with van der Waals surface area (Å²) in [7, 11) is 1.64. The lowest BCUT2D eigenvalue weighted by Crippen LogP contribution is -2.34. The predicted octanol–water partition coefficient (Wildman–Crippen LogP) is 4.41. The van der Waals surface area contributed by atoms with Gasteiger partial charge in [-0.3, -0.25) is 4.79 Å². The average molecular weight is 379 g/mol. The van der Waals surface area contributed by atoms with Gasteiger partial charge in [-0.1, -0.05) is 18.2 Å². The van der Waals surface area contributed by atoms with E-state index in [1.165, 1.54) is 0 Å². The predicted molar refractivity (Wildman–Crippen MR) is 108 cm³/mol. The number of hydrogen-bond acceptors (Lipinski definition) is 3. The first-order valence-corrected chi connectivity index (χ1v) is 9.76. The van der Waals surface area contributed by atoms with E-state index in [4.69, 9.17) is 4.74 Å². The Morgan fingerprint density at radius 1 is 1.00 bits per heavy atom. The highest BCUT2D eigenvalue weighted by molar-refractivity contribution is 5.95. The van der Waals surface area contributed by atoms with Gasteiger partial charge in [-0.15, -0.1) is 0 Å². The molecule has 2 N–H and O–H groups in total. The van der Waals surface area contributed by atoms with E-state index in [9.17, 15) is 9.59 Å². The normalized spacial score (nSPS) is 18.6. The van der Waals surface area contributed by atoms with Gasteiger partial charge in [-0.05, 0) is 61.6 Å². The number of amides is 3. The zero-order valence-electron chi connectivity index (χ0n) is 16.0. The zero-order valence-corrected chi connectivity index (χ0v) is 16.0. The van der Waals surface area contributed by atoms with Gasteiger partial charge in [-0.25, -0.2) is 4.79 Å². The number of hydrogen-bond donors (Lipinski definition) is 2. The molecule has 0 radical (unpaired) electrons. The van der Waals surface area contributed by atoms with Crippen LogP contribution in [0.25, 0.3) is 0 Å². The van der Waals surface area contributed by atoms with E-state index in [-0.39, 0.29) is 23.9 Å². The summed E-state index contributed by atoms with van der Waals surface area (Å²) in [5.41, 5.74) is 2.50. The third-order valence-electron chi connectivity index (χ3n) is 5.34. The van der Waals surface area contributed by atoms with Crippen molar-refractivity contribution < 1.29 is 14.3 Å². The number of benzene rings is 2. The minimum Gasteiger partial charge on any atom is -0.497 e. The van der Waals surface area contributed by atoms with Crippen molar-refractivity contribution in [3.8, 4) is 5.75 Å². The first-order chi connectivity index (χ1) is 13.6. The third kappa shape index (κ3) is 4.11. The summed E-state index contributed by atoms with van der Waals surface area (Å²) in [6, 6.07) is 15.1. The second-order valence-corrected chi connectivity index (χ2v) is 7.40. The van der Waals surface area contributed by atoms with Crippen LogP contribution in [-0.4, -0.2) is 30.5 Å². The Morgan fingerprint density at radius 3 is 2.39 bits per heavy atom. The standard InChI is InChI=1S/C22H25N3O3/c1-28-19-11-9-15(10-12-19)20-6-3-13-25(20)22(27)24-18-5-2-4-17(14-18)23-21(26)16-7-8-16/h2,4-5,9-12,14,16,20H,3,6-8,13H2,1H3,(H,23,26)(H,24,27). The Balaban J connectivity index is 1.42. The number of nitrogens with zero attached hydrogens (tertiary/aromatic N) is 1. The van der Waals surface area contributed by atoms with Crippen LogP contribution in [0.5, 0.6) is 5.75 Å². The molecule has 2 aliphatic rings. The van der Waals surface area contributed by atoms with Crippen LogP contribution >= 0.6 is 0 Å². The second-order valence-electron chi connectivity index (χ2n) is 7.40. The van der Waals surface area contributed by atoms with Crippen molar-refractivity contribution >= 4 is 23.3 Å². The first-order valence-electron chi connectivity index (χ1n) is 9.76. The fraction of sp³-hybridized carbons (Fsp3) is 0.364. The van der Waals surface area contributed by atoms with Crippen molar-refractivity contribution in [2.75, 3.05) is 24.3 Å². The molecule has 1 saturated heterocycles. The van der Waals surface area contributed by atoms with Crippen molar-refractivity contribution in [3.05, 3.63) is 54.1 Å². The minimum atomic E-state index is -0.121. The van der Waals surface area contributed by atoms with Gasteiger partial charge in [0.05, 0.1) is 13.2 Å². The smallest absolute Gasteiger partial charge is 0.322 e.